The summed E-state index contributed by atoms with van der Waals surface area (Å²) in [5.41, 5.74) is 4.04. The Labute approximate surface area is 98.1 Å². The van der Waals surface area contributed by atoms with Crippen molar-refractivity contribution in [1.29, 1.82) is 0 Å². The van der Waals surface area contributed by atoms with Gasteiger partial charge in [-0.3, -0.25) is 4.79 Å². The second-order valence-corrected chi connectivity index (χ2v) is 5.31. The molecule has 90 valence electrons. The van der Waals surface area contributed by atoms with Gasteiger partial charge in [-0.15, -0.1) is 6.58 Å². The highest BCUT2D eigenvalue weighted by molar-refractivity contribution is 5.68. The molecular weight excluding hydrogens is 200 g/mol. The quantitative estimate of drug-likeness (QED) is 0.722. The van der Waals surface area contributed by atoms with Gasteiger partial charge in [-0.2, -0.15) is 0 Å². The van der Waals surface area contributed by atoms with Crippen LogP contribution in [0.25, 0.3) is 0 Å². The van der Waals surface area contributed by atoms with Gasteiger partial charge in [0, 0.05) is 0 Å². The summed E-state index contributed by atoms with van der Waals surface area (Å²) >= 11 is 0. The minimum absolute atomic E-state index is 0.0556. The van der Waals surface area contributed by atoms with Gasteiger partial charge >= 0.3 is 5.97 Å². The second-order valence-electron chi connectivity index (χ2n) is 5.31. The Bertz CT molecular complexity index is 324. The van der Waals surface area contributed by atoms with Crippen molar-refractivity contribution in [2.24, 2.45) is 11.3 Å². The van der Waals surface area contributed by atoms with E-state index in [0.717, 1.165) is 5.92 Å². The number of hydrogen-bond donors (Lipinski definition) is 1. The summed E-state index contributed by atoms with van der Waals surface area (Å²) in [4.78, 5) is 9.53. The zero-order chi connectivity index (χ0) is 12.3. The summed E-state index contributed by atoms with van der Waals surface area (Å²) in [5.74, 6) is 0.191. The molecule has 0 heterocycles. The maximum Gasteiger partial charge on any atom is 0.307 e. The summed E-state index contributed by atoms with van der Waals surface area (Å²) in [7, 11) is 0. The number of hydrogen-bond acceptors (Lipinski definition) is 1. The predicted octanol–water partition coefficient (Wildman–Crippen LogP) is 3.79. The lowest BCUT2D eigenvalue weighted by Crippen LogP contribution is -2.41. The fourth-order valence-electron chi connectivity index (χ4n) is 2.73. The zero-order valence-electron chi connectivity index (χ0n) is 10.5. The molecular formula is C14H22O2. The van der Waals surface area contributed by atoms with Crippen molar-refractivity contribution in [2.45, 2.75) is 46.5 Å². The van der Waals surface area contributed by atoms with E-state index in [4.69, 9.17) is 5.11 Å². The topological polar surface area (TPSA) is 37.3 Å². The van der Waals surface area contributed by atoms with Crippen molar-refractivity contribution in [3.8, 4) is 0 Å². The molecule has 1 saturated carbocycles. The maximum atomic E-state index is 9.53. The maximum absolute atomic E-state index is 9.53. The standard InChI is InChI=1S/C10H16.C4H6O2/c1-7-4-5-8-6-9(7)10(8,2)3;1-2-3-4(5)6/h8H,4-6H2,1-3H3;2H,1,3H2,(H,5,6). The van der Waals surface area contributed by atoms with Gasteiger partial charge < -0.3 is 5.11 Å². The molecule has 1 unspecified atom stereocenters. The van der Waals surface area contributed by atoms with Crippen LogP contribution in [-0.4, -0.2) is 11.1 Å². The molecule has 3 aliphatic carbocycles. The van der Waals surface area contributed by atoms with Crippen LogP contribution >= 0.6 is 0 Å². The van der Waals surface area contributed by atoms with Crippen LogP contribution in [0.3, 0.4) is 0 Å². The molecule has 1 atom stereocenters. The normalized spacial score (nSPS) is 25.1. The summed E-state index contributed by atoms with van der Waals surface area (Å²) < 4.78 is 0. The first kappa shape index (κ1) is 13.0. The molecule has 2 bridgehead atoms. The monoisotopic (exact) mass is 222 g/mol. The van der Waals surface area contributed by atoms with Crippen molar-refractivity contribution in [3.63, 3.8) is 0 Å². The molecule has 2 heteroatoms. The molecule has 0 spiro atoms. The highest BCUT2D eigenvalue weighted by Gasteiger charge is 2.46. The van der Waals surface area contributed by atoms with E-state index in [1.165, 1.54) is 25.3 Å². The predicted molar refractivity (Wildman–Crippen MR) is 66.3 cm³/mol. The highest BCUT2D eigenvalue weighted by Crippen LogP contribution is 2.58. The lowest BCUT2D eigenvalue weighted by atomic mass is 9.52. The molecule has 0 amide bonds. The van der Waals surface area contributed by atoms with Crippen molar-refractivity contribution in [3.05, 3.63) is 23.8 Å². The summed E-state index contributed by atoms with van der Waals surface area (Å²) in [6.45, 7) is 10.3. The number of rotatable bonds is 2. The average molecular weight is 222 g/mol. The van der Waals surface area contributed by atoms with Gasteiger partial charge in [0.05, 0.1) is 6.42 Å². The Morgan fingerprint density at radius 3 is 2.44 bits per heavy atom. The van der Waals surface area contributed by atoms with E-state index in [0.29, 0.717) is 5.41 Å². The lowest BCUT2D eigenvalue weighted by Gasteiger charge is -2.52. The Kier molecular flexibility index (Phi) is 3.95. The first-order chi connectivity index (χ1) is 7.39. The van der Waals surface area contributed by atoms with Crippen molar-refractivity contribution in [2.75, 3.05) is 0 Å². The van der Waals surface area contributed by atoms with Crippen LogP contribution in [0.4, 0.5) is 0 Å². The molecule has 0 aromatic rings. The van der Waals surface area contributed by atoms with E-state index in [1.807, 2.05) is 0 Å². The molecule has 3 aliphatic rings. The zero-order valence-corrected chi connectivity index (χ0v) is 10.5. The number of carbonyl (C=O) groups is 1. The van der Waals surface area contributed by atoms with E-state index in [9.17, 15) is 4.79 Å². The minimum atomic E-state index is -0.829. The molecule has 0 aliphatic heterocycles. The molecule has 0 saturated heterocycles. The molecule has 0 radical (unpaired) electrons. The Morgan fingerprint density at radius 1 is 1.62 bits per heavy atom. The summed E-state index contributed by atoms with van der Waals surface area (Å²) in [6.07, 6.45) is 5.65. The summed E-state index contributed by atoms with van der Waals surface area (Å²) in [5, 5.41) is 7.84. The van der Waals surface area contributed by atoms with Gasteiger partial charge in [-0.05, 0) is 37.5 Å². The number of carboxylic acids is 1. The number of allylic oxidation sites excluding steroid dienone is 2. The first-order valence-corrected chi connectivity index (χ1v) is 5.91. The van der Waals surface area contributed by atoms with Crippen LogP contribution in [0.5, 0.6) is 0 Å². The average Bonchev–Trinajstić information content (AvgIpc) is 2.17. The molecule has 0 aromatic heterocycles. The third-order valence-electron chi connectivity index (χ3n) is 3.95. The van der Waals surface area contributed by atoms with Gasteiger partial charge in [0.25, 0.3) is 0 Å². The van der Waals surface area contributed by atoms with E-state index in [-0.39, 0.29) is 6.42 Å². The Morgan fingerprint density at radius 2 is 2.25 bits per heavy atom. The van der Waals surface area contributed by atoms with Crippen LogP contribution in [0.1, 0.15) is 46.5 Å². The Hall–Kier alpha value is -1.05. The van der Waals surface area contributed by atoms with E-state index >= 15 is 0 Å². The van der Waals surface area contributed by atoms with Gasteiger partial charge in [0.15, 0.2) is 0 Å². The van der Waals surface area contributed by atoms with E-state index < -0.39 is 5.97 Å². The number of carboxylic acid groups (broad SMARTS) is 1. The van der Waals surface area contributed by atoms with Gasteiger partial charge in [-0.25, -0.2) is 0 Å². The van der Waals surface area contributed by atoms with Crippen LogP contribution in [0.15, 0.2) is 23.8 Å². The number of aliphatic carboxylic acids is 1. The van der Waals surface area contributed by atoms with Crippen molar-refractivity contribution in [1.82, 2.24) is 0 Å². The van der Waals surface area contributed by atoms with Gasteiger partial charge in [-0.1, -0.05) is 31.1 Å². The first-order valence-electron chi connectivity index (χ1n) is 5.91. The van der Waals surface area contributed by atoms with Crippen LogP contribution < -0.4 is 0 Å². The third-order valence-corrected chi connectivity index (χ3v) is 3.95. The SMILES string of the molecule is C=CCC(=O)O.CC1=C2CC(CC1)C2(C)C. The fourth-order valence-corrected chi connectivity index (χ4v) is 2.73. The fraction of sp³-hybridized carbons (Fsp3) is 0.643. The van der Waals surface area contributed by atoms with E-state index in [1.54, 1.807) is 11.1 Å². The van der Waals surface area contributed by atoms with Crippen LogP contribution in [0.2, 0.25) is 0 Å². The summed E-state index contributed by atoms with van der Waals surface area (Å²) in [6, 6.07) is 0. The molecule has 1 N–H and O–H groups in total. The third kappa shape index (κ3) is 2.55. The second kappa shape index (κ2) is 4.86. The molecule has 3 rings (SSSR count). The lowest BCUT2D eigenvalue weighted by molar-refractivity contribution is -0.135. The minimum Gasteiger partial charge on any atom is -0.481 e. The van der Waals surface area contributed by atoms with Gasteiger partial charge in [0.2, 0.25) is 0 Å². The molecule has 1 fully saturated rings. The molecule has 2 nitrogen and oxygen atoms in total. The largest absolute Gasteiger partial charge is 0.481 e. The van der Waals surface area contributed by atoms with Crippen LogP contribution in [0, 0.1) is 11.3 Å². The number of fused-ring (bicyclic) bond motifs is 2. The van der Waals surface area contributed by atoms with Gasteiger partial charge in [0.1, 0.15) is 0 Å². The van der Waals surface area contributed by atoms with Crippen molar-refractivity contribution >= 4 is 5.97 Å². The highest BCUT2D eigenvalue weighted by atomic mass is 16.4. The Balaban J connectivity index is 0.000000187. The van der Waals surface area contributed by atoms with Crippen molar-refractivity contribution < 1.29 is 9.90 Å². The van der Waals surface area contributed by atoms with E-state index in [2.05, 4.69) is 27.4 Å². The van der Waals surface area contributed by atoms with Crippen LogP contribution in [-0.2, 0) is 4.79 Å². The molecule has 0 aromatic carbocycles. The smallest absolute Gasteiger partial charge is 0.307 e. The molecule has 16 heavy (non-hydrogen) atoms.